The predicted octanol–water partition coefficient (Wildman–Crippen LogP) is 4.14. The van der Waals surface area contributed by atoms with Crippen molar-refractivity contribution >= 4 is 58.0 Å². The van der Waals surface area contributed by atoms with Gasteiger partial charge in [-0.25, -0.2) is 9.29 Å². The monoisotopic (exact) mass is 411 g/mol. The predicted molar refractivity (Wildman–Crippen MR) is 102 cm³/mol. The molecule has 2 amide bonds. The summed E-state index contributed by atoms with van der Waals surface area (Å²) in [6.07, 6.45) is 0. The Hall–Kier alpha value is -1.86. The summed E-state index contributed by atoms with van der Waals surface area (Å²) in [5.41, 5.74) is 0.726. The van der Waals surface area contributed by atoms with Crippen molar-refractivity contribution in [3.8, 4) is 0 Å². The molecule has 2 aromatic rings. The molecule has 0 spiro atoms. The third kappa shape index (κ3) is 3.50. The minimum atomic E-state index is -0.578. The summed E-state index contributed by atoms with van der Waals surface area (Å²) in [5.74, 6) is -1.36. The SMILES string of the molecule is O=C1C(SCCO)=C(c2ccc(F)cc2)C(=O)N1c1cc(Cl)ccc1Cl. The fraction of sp³-hybridized carbons (Fsp3) is 0.111. The first-order valence-electron chi connectivity index (χ1n) is 7.51. The fourth-order valence-electron chi connectivity index (χ4n) is 2.54. The third-order valence-electron chi connectivity index (χ3n) is 3.66. The van der Waals surface area contributed by atoms with Crippen LogP contribution in [0.2, 0.25) is 10.0 Å². The van der Waals surface area contributed by atoms with Crippen LogP contribution in [0, 0.1) is 5.82 Å². The lowest BCUT2D eigenvalue weighted by molar-refractivity contribution is -0.119. The number of hydrogen-bond donors (Lipinski definition) is 1. The number of hydrogen-bond acceptors (Lipinski definition) is 4. The van der Waals surface area contributed by atoms with Gasteiger partial charge in [0.2, 0.25) is 0 Å². The zero-order valence-electron chi connectivity index (χ0n) is 13.2. The lowest BCUT2D eigenvalue weighted by Crippen LogP contribution is -2.31. The number of carbonyl (C=O) groups is 2. The highest BCUT2D eigenvalue weighted by atomic mass is 35.5. The summed E-state index contributed by atoms with van der Waals surface area (Å²) in [7, 11) is 0. The standard InChI is InChI=1S/C18H12Cl2FNO3S/c19-11-3-6-13(20)14(9-11)22-17(24)15(10-1-4-12(21)5-2-10)16(18(22)25)26-8-7-23/h1-6,9,23H,7-8H2. The summed E-state index contributed by atoms with van der Waals surface area (Å²) in [5, 5.41) is 9.62. The summed E-state index contributed by atoms with van der Waals surface area (Å²) in [6, 6.07) is 9.76. The van der Waals surface area contributed by atoms with E-state index in [4.69, 9.17) is 28.3 Å². The maximum atomic E-state index is 13.2. The average molecular weight is 412 g/mol. The molecule has 134 valence electrons. The second-order valence-electron chi connectivity index (χ2n) is 5.32. The van der Waals surface area contributed by atoms with Crippen LogP contribution in [0.4, 0.5) is 10.1 Å². The molecule has 1 N–H and O–H groups in total. The van der Waals surface area contributed by atoms with E-state index in [0.717, 1.165) is 16.7 Å². The Bertz CT molecular complexity index is 915. The molecule has 2 aromatic carbocycles. The molecule has 0 saturated heterocycles. The molecule has 0 aromatic heterocycles. The van der Waals surface area contributed by atoms with Crippen molar-refractivity contribution in [1.29, 1.82) is 0 Å². The van der Waals surface area contributed by atoms with Crippen LogP contribution in [0.25, 0.3) is 5.57 Å². The second kappa shape index (κ2) is 7.80. The Balaban J connectivity index is 2.11. The largest absolute Gasteiger partial charge is 0.396 e. The van der Waals surface area contributed by atoms with E-state index >= 15 is 0 Å². The van der Waals surface area contributed by atoms with Crippen LogP contribution < -0.4 is 4.90 Å². The number of benzene rings is 2. The molecule has 8 heteroatoms. The van der Waals surface area contributed by atoms with Gasteiger partial charge in [0.15, 0.2) is 0 Å². The molecular formula is C18H12Cl2FNO3S. The van der Waals surface area contributed by atoms with E-state index < -0.39 is 17.6 Å². The Morgan fingerprint density at radius 3 is 2.38 bits per heavy atom. The van der Waals surface area contributed by atoms with E-state index in [1.807, 2.05) is 0 Å². The molecule has 0 saturated carbocycles. The number of aliphatic hydroxyl groups excluding tert-OH is 1. The van der Waals surface area contributed by atoms with Crippen molar-refractivity contribution < 1.29 is 19.1 Å². The van der Waals surface area contributed by atoms with Gasteiger partial charge in [0.1, 0.15) is 5.82 Å². The first-order valence-corrected chi connectivity index (χ1v) is 9.26. The van der Waals surface area contributed by atoms with Crippen molar-refractivity contribution in [3.63, 3.8) is 0 Å². The van der Waals surface area contributed by atoms with Crippen LogP contribution in [0.1, 0.15) is 5.56 Å². The molecule has 0 atom stereocenters. The zero-order chi connectivity index (χ0) is 18.8. The molecule has 0 aliphatic carbocycles. The highest BCUT2D eigenvalue weighted by Crippen LogP contribution is 2.41. The van der Waals surface area contributed by atoms with E-state index in [-0.39, 0.29) is 33.5 Å². The van der Waals surface area contributed by atoms with Crippen LogP contribution in [-0.4, -0.2) is 29.3 Å². The van der Waals surface area contributed by atoms with Gasteiger partial charge in [0.05, 0.1) is 27.8 Å². The van der Waals surface area contributed by atoms with E-state index in [0.29, 0.717) is 10.6 Å². The van der Waals surface area contributed by atoms with Gasteiger partial charge in [-0.05, 0) is 35.9 Å². The van der Waals surface area contributed by atoms with Crippen molar-refractivity contribution in [1.82, 2.24) is 0 Å². The number of aliphatic hydroxyl groups is 1. The minimum absolute atomic E-state index is 0.143. The lowest BCUT2D eigenvalue weighted by atomic mass is 10.1. The number of anilines is 1. The Morgan fingerprint density at radius 2 is 1.73 bits per heavy atom. The summed E-state index contributed by atoms with van der Waals surface area (Å²) in [4.78, 5) is 27.0. The Kier molecular flexibility index (Phi) is 5.67. The molecule has 0 unspecified atom stereocenters. The maximum absolute atomic E-state index is 13.2. The quantitative estimate of drug-likeness (QED) is 0.750. The van der Waals surface area contributed by atoms with Gasteiger partial charge in [-0.15, -0.1) is 11.8 Å². The number of amides is 2. The van der Waals surface area contributed by atoms with Crippen molar-refractivity contribution in [3.05, 3.63) is 68.8 Å². The van der Waals surface area contributed by atoms with Crippen molar-refractivity contribution in [2.24, 2.45) is 0 Å². The van der Waals surface area contributed by atoms with Crippen LogP contribution >= 0.6 is 35.0 Å². The Morgan fingerprint density at radius 1 is 1.04 bits per heavy atom. The zero-order valence-corrected chi connectivity index (χ0v) is 15.5. The second-order valence-corrected chi connectivity index (χ2v) is 7.27. The maximum Gasteiger partial charge on any atom is 0.272 e. The van der Waals surface area contributed by atoms with Crippen LogP contribution in [0.5, 0.6) is 0 Å². The number of nitrogens with zero attached hydrogens (tertiary/aromatic N) is 1. The molecular weight excluding hydrogens is 400 g/mol. The molecule has 26 heavy (non-hydrogen) atoms. The van der Waals surface area contributed by atoms with Crippen LogP contribution in [0.3, 0.4) is 0 Å². The van der Waals surface area contributed by atoms with Gasteiger partial charge in [-0.3, -0.25) is 9.59 Å². The number of halogens is 3. The molecule has 0 bridgehead atoms. The van der Waals surface area contributed by atoms with Gasteiger partial charge in [0, 0.05) is 10.8 Å². The highest BCUT2D eigenvalue weighted by molar-refractivity contribution is 8.04. The minimum Gasteiger partial charge on any atom is -0.396 e. The van der Waals surface area contributed by atoms with E-state index in [2.05, 4.69) is 0 Å². The van der Waals surface area contributed by atoms with Gasteiger partial charge in [-0.1, -0.05) is 35.3 Å². The van der Waals surface area contributed by atoms with Gasteiger partial charge in [0.25, 0.3) is 11.8 Å². The van der Waals surface area contributed by atoms with Gasteiger partial charge in [-0.2, -0.15) is 0 Å². The molecule has 0 fully saturated rings. The first kappa shape index (κ1) is 18.9. The smallest absolute Gasteiger partial charge is 0.272 e. The third-order valence-corrected chi connectivity index (χ3v) is 5.27. The van der Waals surface area contributed by atoms with Crippen LogP contribution in [-0.2, 0) is 9.59 Å². The van der Waals surface area contributed by atoms with Crippen molar-refractivity contribution in [2.75, 3.05) is 17.3 Å². The molecule has 1 aliphatic rings. The lowest BCUT2D eigenvalue weighted by Gasteiger charge is -2.17. The fourth-order valence-corrected chi connectivity index (χ4v) is 3.77. The number of thioether (sulfide) groups is 1. The van der Waals surface area contributed by atoms with E-state index in [1.165, 1.54) is 36.4 Å². The summed E-state index contributed by atoms with van der Waals surface area (Å²) >= 11 is 13.2. The number of rotatable bonds is 5. The normalized spacial score (nSPS) is 14.5. The van der Waals surface area contributed by atoms with E-state index in [9.17, 15) is 14.0 Å². The summed E-state index contributed by atoms with van der Waals surface area (Å²) < 4.78 is 13.2. The van der Waals surface area contributed by atoms with Crippen molar-refractivity contribution in [2.45, 2.75) is 0 Å². The van der Waals surface area contributed by atoms with Gasteiger partial charge >= 0.3 is 0 Å². The molecule has 4 nitrogen and oxygen atoms in total. The molecule has 0 radical (unpaired) electrons. The topological polar surface area (TPSA) is 57.6 Å². The molecule has 1 aliphatic heterocycles. The molecule has 1 heterocycles. The highest BCUT2D eigenvalue weighted by Gasteiger charge is 2.41. The number of carbonyl (C=O) groups excluding carboxylic acids is 2. The number of imide groups is 1. The van der Waals surface area contributed by atoms with Crippen LogP contribution in [0.15, 0.2) is 47.4 Å². The van der Waals surface area contributed by atoms with Gasteiger partial charge < -0.3 is 5.11 Å². The first-order chi connectivity index (χ1) is 12.4. The molecule has 3 rings (SSSR count). The Labute approximate surface area is 163 Å². The average Bonchev–Trinajstić information content (AvgIpc) is 2.86. The summed E-state index contributed by atoms with van der Waals surface area (Å²) in [6.45, 7) is -0.162. The van der Waals surface area contributed by atoms with E-state index in [1.54, 1.807) is 6.07 Å².